The molecule has 0 amide bonds. The molecule has 1 aromatic carbocycles. The van der Waals surface area contributed by atoms with E-state index in [2.05, 4.69) is 20.5 Å². The fourth-order valence-corrected chi connectivity index (χ4v) is 4.18. The molecule has 0 aromatic heterocycles. The molecular weight excluding hydrogens is 364 g/mol. The number of rotatable bonds is 10. The van der Waals surface area contributed by atoms with Crippen LogP contribution in [0, 0.1) is 0 Å². The maximum atomic E-state index is 12.3. The zero-order chi connectivity index (χ0) is 19.4. The zero-order valence-corrected chi connectivity index (χ0v) is 17.0. The van der Waals surface area contributed by atoms with Crippen LogP contribution in [-0.2, 0) is 14.6 Å². The van der Waals surface area contributed by atoms with E-state index in [0.29, 0.717) is 17.9 Å². The lowest BCUT2D eigenvalue weighted by atomic mass is 10.3. The number of morpholine rings is 1. The molecule has 1 aromatic rings. The van der Waals surface area contributed by atoms with E-state index < -0.39 is 9.84 Å². The molecule has 1 heterocycles. The van der Waals surface area contributed by atoms with Crippen molar-refractivity contribution in [2.45, 2.75) is 24.7 Å². The van der Waals surface area contributed by atoms with Crippen molar-refractivity contribution in [1.29, 1.82) is 0 Å². The second kappa shape index (κ2) is 11.9. The Kier molecular flexibility index (Phi) is 9.58. The van der Waals surface area contributed by atoms with Crippen molar-refractivity contribution in [3.05, 3.63) is 30.3 Å². The van der Waals surface area contributed by atoms with E-state index in [0.717, 1.165) is 58.3 Å². The molecule has 27 heavy (non-hydrogen) atoms. The summed E-state index contributed by atoms with van der Waals surface area (Å²) in [5.41, 5.74) is 0. The number of sulfone groups is 1. The van der Waals surface area contributed by atoms with E-state index in [4.69, 9.17) is 4.74 Å². The average Bonchev–Trinajstić information content (AvgIpc) is 2.70. The fraction of sp³-hybridized carbons (Fsp3) is 0.632. The number of hydrogen-bond donors (Lipinski definition) is 2. The first-order valence-corrected chi connectivity index (χ1v) is 11.4. The van der Waals surface area contributed by atoms with Gasteiger partial charge < -0.3 is 15.4 Å². The Morgan fingerprint density at radius 3 is 2.59 bits per heavy atom. The van der Waals surface area contributed by atoms with Gasteiger partial charge in [0.25, 0.3) is 0 Å². The van der Waals surface area contributed by atoms with Gasteiger partial charge in [-0.15, -0.1) is 0 Å². The molecule has 152 valence electrons. The van der Waals surface area contributed by atoms with Crippen molar-refractivity contribution < 1.29 is 13.2 Å². The van der Waals surface area contributed by atoms with Gasteiger partial charge in [0.15, 0.2) is 15.8 Å². The first-order valence-electron chi connectivity index (χ1n) is 9.72. The SMILES string of the molecule is CCNC(=NCCCS(=O)(=O)c1ccccc1)NCCCN1CCOCC1. The second-order valence-electron chi connectivity index (χ2n) is 6.48. The molecule has 2 rings (SSSR count). The van der Waals surface area contributed by atoms with Crippen LogP contribution in [0.25, 0.3) is 0 Å². The highest BCUT2D eigenvalue weighted by Gasteiger charge is 2.13. The Balaban J connectivity index is 1.69. The Labute approximate surface area is 163 Å². The van der Waals surface area contributed by atoms with Gasteiger partial charge in [0, 0.05) is 32.7 Å². The molecule has 8 heteroatoms. The van der Waals surface area contributed by atoms with Gasteiger partial charge in [0.1, 0.15) is 0 Å². The van der Waals surface area contributed by atoms with E-state index >= 15 is 0 Å². The minimum atomic E-state index is -3.23. The average molecular weight is 397 g/mol. The lowest BCUT2D eigenvalue weighted by Crippen LogP contribution is -2.40. The highest BCUT2D eigenvalue weighted by Crippen LogP contribution is 2.10. The molecule has 0 bridgehead atoms. The summed E-state index contributed by atoms with van der Waals surface area (Å²) in [5, 5.41) is 6.53. The highest BCUT2D eigenvalue weighted by molar-refractivity contribution is 7.91. The van der Waals surface area contributed by atoms with E-state index in [1.165, 1.54) is 0 Å². The molecule has 0 saturated carbocycles. The minimum Gasteiger partial charge on any atom is -0.379 e. The minimum absolute atomic E-state index is 0.108. The van der Waals surface area contributed by atoms with Crippen LogP contribution in [0.3, 0.4) is 0 Å². The van der Waals surface area contributed by atoms with Gasteiger partial charge in [-0.2, -0.15) is 0 Å². The van der Waals surface area contributed by atoms with Gasteiger partial charge in [-0.1, -0.05) is 18.2 Å². The molecule has 1 aliphatic heterocycles. The van der Waals surface area contributed by atoms with Gasteiger partial charge >= 0.3 is 0 Å². The van der Waals surface area contributed by atoms with Gasteiger partial charge in [0.05, 0.1) is 23.9 Å². The van der Waals surface area contributed by atoms with Crippen LogP contribution in [0.4, 0.5) is 0 Å². The third-order valence-corrected chi connectivity index (χ3v) is 6.15. The number of guanidine groups is 1. The van der Waals surface area contributed by atoms with E-state index in [1.54, 1.807) is 24.3 Å². The number of nitrogens with one attached hydrogen (secondary N) is 2. The van der Waals surface area contributed by atoms with Crippen molar-refractivity contribution >= 4 is 15.8 Å². The van der Waals surface area contributed by atoms with Crippen molar-refractivity contribution in [2.24, 2.45) is 4.99 Å². The largest absolute Gasteiger partial charge is 0.379 e. The zero-order valence-electron chi connectivity index (χ0n) is 16.2. The molecular formula is C19H32N4O3S. The maximum absolute atomic E-state index is 12.3. The Morgan fingerprint density at radius 2 is 1.89 bits per heavy atom. The quantitative estimate of drug-likeness (QED) is 0.350. The molecule has 0 spiro atoms. The van der Waals surface area contributed by atoms with Gasteiger partial charge in [-0.05, 0) is 38.4 Å². The third kappa shape index (κ3) is 8.28. The van der Waals surface area contributed by atoms with Gasteiger partial charge in [-0.3, -0.25) is 9.89 Å². The van der Waals surface area contributed by atoms with Crippen LogP contribution in [0.5, 0.6) is 0 Å². The molecule has 1 saturated heterocycles. The molecule has 0 atom stereocenters. The lowest BCUT2D eigenvalue weighted by molar-refractivity contribution is 0.0376. The van der Waals surface area contributed by atoms with Crippen LogP contribution in [0.1, 0.15) is 19.8 Å². The van der Waals surface area contributed by atoms with Crippen LogP contribution in [0.2, 0.25) is 0 Å². The normalized spacial score (nSPS) is 16.3. The Bertz CT molecular complexity index is 659. The van der Waals surface area contributed by atoms with Gasteiger partial charge in [-0.25, -0.2) is 8.42 Å². The maximum Gasteiger partial charge on any atom is 0.191 e. The highest BCUT2D eigenvalue weighted by atomic mass is 32.2. The fourth-order valence-electron chi connectivity index (χ4n) is 2.87. The number of aliphatic imine (C=N–C) groups is 1. The summed E-state index contributed by atoms with van der Waals surface area (Å²) in [6.45, 7) is 8.81. The summed E-state index contributed by atoms with van der Waals surface area (Å²) in [6, 6.07) is 8.58. The summed E-state index contributed by atoms with van der Waals surface area (Å²) in [7, 11) is -3.23. The lowest BCUT2D eigenvalue weighted by Gasteiger charge is -2.26. The van der Waals surface area contributed by atoms with E-state index in [-0.39, 0.29) is 5.75 Å². The van der Waals surface area contributed by atoms with Crippen molar-refractivity contribution in [3.63, 3.8) is 0 Å². The number of nitrogens with zero attached hydrogens (tertiary/aromatic N) is 2. The molecule has 2 N–H and O–H groups in total. The van der Waals surface area contributed by atoms with Crippen LogP contribution in [-0.4, -0.2) is 77.5 Å². The number of benzene rings is 1. The molecule has 0 unspecified atom stereocenters. The van der Waals surface area contributed by atoms with E-state index in [9.17, 15) is 8.42 Å². The molecule has 1 fully saturated rings. The summed E-state index contributed by atoms with van der Waals surface area (Å²) in [5.74, 6) is 0.855. The first kappa shape index (κ1) is 21.7. The van der Waals surface area contributed by atoms with Crippen molar-refractivity contribution in [1.82, 2.24) is 15.5 Å². The third-order valence-electron chi connectivity index (χ3n) is 4.33. The first-order chi connectivity index (χ1) is 13.1. The predicted molar refractivity (Wildman–Crippen MR) is 109 cm³/mol. The van der Waals surface area contributed by atoms with Crippen LogP contribution in [0.15, 0.2) is 40.2 Å². The Hall–Kier alpha value is -1.64. The van der Waals surface area contributed by atoms with Gasteiger partial charge in [0.2, 0.25) is 0 Å². The predicted octanol–water partition coefficient (Wildman–Crippen LogP) is 1.13. The van der Waals surface area contributed by atoms with Crippen LogP contribution >= 0.6 is 0 Å². The Morgan fingerprint density at radius 1 is 1.15 bits per heavy atom. The van der Waals surface area contributed by atoms with Crippen molar-refractivity contribution in [2.75, 3.05) is 58.2 Å². The van der Waals surface area contributed by atoms with Crippen LogP contribution < -0.4 is 10.6 Å². The number of ether oxygens (including phenoxy) is 1. The molecule has 0 aliphatic carbocycles. The molecule has 1 aliphatic rings. The number of hydrogen-bond acceptors (Lipinski definition) is 5. The summed E-state index contributed by atoms with van der Waals surface area (Å²) < 4.78 is 29.9. The second-order valence-corrected chi connectivity index (χ2v) is 8.59. The summed E-state index contributed by atoms with van der Waals surface area (Å²) in [6.07, 6.45) is 1.54. The standard InChI is InChI=1S/C19H32N4O3S/c1-2-20-19(21-10-6-12-23-13-15-26-16-14-23)22-11-7-17-27(24,25)18-8-4-3-5-9-18/h3-5,8-9H,2,6-7,10-17H2,1H3,(H2,20,21,22). The van der Waals surface area contributed by atoms with Crippen molar-refractivity contribution in [3.8, 4) is 0 Å². The summed E-state index contributed by atoms with van der Waals surface area (Å²) >= 11 is 0. The summed E-state index contributed by atoms with van der Waals surface area (Å²) in [4.78, 5) is 7.27. The molecule has 7 nitrogen and oxygen atoms in total. The van der Waals surface area contributed by atoms with E-state index in [1.807, 2.05) is 13.0 Å². The molecule has 0 radical (unpaired) electrons. The smallest absolute Gasteiger partial charge is 0.191 e. The topological polar surface area (TPSA) is 83.0 Å². The monoisotopic (exact) mass is 396 g/mol.